The quantitative estimate of drug-likeness (QED) is 0.850. The number of benzene rings is 1. The lowest BCUT2D eigenvalue weighted by Gasteiger charge is -2.26. The van der Waals surface area contributed by atoms with E-state index < -0.39 is 0 Å². The summed E-state index contributed by atoms with van der Waals surface area (Å²) in [6.45, 7) is 16.0. The molecule has 0 amide bonds. The Morgan fingerprint density at radius 3 is 1.58 bits per heavy atom. The molecule has 3 rings (SSSR count). The van der Waals surface area contributed by atoms with Gasteiger partial charge in [-0.3, -0.25) is 0 Å². The Morgan fingerprint density at radius 2 is 1.29 bits per heavy atom. The Balaban J connectivity index is 0.000000194. The lowest BCUT2D eigenvalue weighted by Crippen LogP contribution is -2.16. The van der Waals surface area contributed by atoms with Gasteiger partial charge in [-0.25, -0.2) is 0 Å². The first-order valence-electron chi connectivity index (χ1n) is 8.73. The minimum atomic E-state index is -0.00859. The molecule has 2 saturated heterocycles. The van der Waals surface area contributed by atoms with E-state index in [-0.39, 0.29) is 10.8 Å². The normalized spacial score (nSPS) is 22.6. The van der Waals surface area contributed by atoms with Crippen LogP contribution < -0.4 is 0 Å². The van der Waals surface area contributed by atoms with Crippen LogP contribution in [0.2, 0.25) is 0 Å². The number of aromatic hydroxyl groups is 1. The number of ether oxygens (including phenoxy) is 3. The molecule has 24 heavy (non-hydrogen) atoms. The molecule has 4 nitrogen and oxygen atoms in total. The topological polar surface area (TPSA) is 54.5 Å². The van der Waals surface area contributed by atoms with Gasteiger partial charge in [-0.1, -0.05) is 59.7 Å². The fourth-order valence-corrected chi connectivity index (χ4v) is 2.41. The van der Waals surface area contributed by atoms with Crippen LogP contribution in [0.3, 0.4) is 0 Å². The molecule has 0 aromatic heterocycles. The molecule has 1 aromatic carbocycles. The van der Waals surface area contributed by atoms with E-state index in [1.807, 2.05) is 18.2 Å². The summed E-state index contributed by atoms with van der Waals surface area (Å²) in [5.41, 5.74) is 2.03. The van der Waals surface area contributed by atoms with E-state index in [1.54, 1.807) is 0 Å². The maximum absolute atomic E-state index is 10.3. The van der Waals surface area contributed by atoms with Crippen LogP contribution in [0.5, 0.6) is 5.75 Å². The molecule has 2 heterocycles. The first kappa shape index (κ1) is 19.2. The number of rotatable bonds is 4. The number of phenols is 1. The summed E-state index contributed by atoms with van der Waals surface area (Å²) in [6, 6.07) is 6.04. The predicted octanol–water partition coefficient (Wildman–Crippen LogP) is 3.79. The van der Waals surface area contributed by atoms with Crippen molar-refractivity contribution in [3.63, 3.8) is 0 Å². The first-order valence-corrected chi connectivity index (χ1v) is 8.73. The summed E-state index contributed by atoms with van der Waals surface area (Å²) in [6.07, 6.45) is 0.785. The summed E-state index contributed by atoms with van der Waals surface area (Å²) in [4.78, 5) is 0. The van der Waals surface area contributed by atoms with Crippen molar-refractivity contribution >= 4 is 0 Å². The Labute approximate surface area is 146 Å². The molecule has 4 heteroatoms. The van der Waals surface area contributed by atoms with Crippen LogP contribution in [0, 0.1) is 0 Å². The fourth-order valence-electron chi connectivity index (χ4n) is 2.41. The predicted molar refractivity (Wildman–Crippen MR) is 95.8 cm³/mol. The van der Waals surface area contributed by atoms with Gasteiger partial charge in [0.2, 0.25) is 0 Å². The van der Waals surface area contributed by atoms with Crippen molar-refractivity contribution < 1.29 is 19.3 Å². The van der Waals surface area contributed by atoms with Gasteiger partial charge in [0, 0.05) is 0 Å². The van der Waals surface area contributed by atoms with Gasteiger partial charge >= 0.3 is 0 Å². The van der Waals surface area contributed by atoms with E-state index in [0.29, 0.717) is 18.0 Å². The average Bonchev–Trinajstić information content (AvgIpc) is 3.32. The monoisotopic (exact) mass is 336 g/mol. The van der Waals surface area contributed by atoms with E-state index in [4.69, 9.17) is 14.2 Å². The second-order valence-electron chi connectivity index (χ2n) is 8.65. The Bertz CT molecular complexity index is 487. The van der Waals surface area contributed by atoms with Gasteiger partial charge in [-0.15, -0.1) is 0 Å². The van der Waals surface area contributed by atoms with Crippen molar-refractivity contribution in [1.82, 2.24) is 0 Å². The summed E-state index contributed by atoms with van der Waals surface area (Å²) < 4.78 is 15.1. The largest absolute Gasteiger partial charge is 0.507 e. The van der Waals surface area contributed by atoms with Crippen LogP contribution in [-0.4, -0.2) is 43.7 Å². The van der Waals surface area contributed by atoms with Crippen LogP contribution in [0.4, 0.5) is 0 Å². The van der Waals surface area contributed by atoms with E-state index in [0.717, 1.165) is 37.6 Å². The van der Waals surface area contributed by atoms with E-state index >= 15 is 0 Å². The second kappa shape index (κ2) is 7.42. The minimum absolute atomic E-state index is 0.00859. The van der Waals surface area contributed by atoms with Gasteiger partial charge in [0.15, 0.2) is 0 Å². The average molecular weight is 336 g/mol. The Morgan fingerprint density at radius 1 is 0.917 bits per heavy atom. The molecule has 2 fully saturated rings. The highest BCUT2D eigenvalue weighted by atomic mass is 16.6. The zero-order chi connectivity index (χ0) is 18.0. The lowest BCUT2D eigenvalue weighted by atomic mass is 9.80. The van der Waals surface area contributed by atoms with Crippen molar-refractivity contribution in [3.8, 4) is 5.75 Å². The third kappa shape index (κ3) is 6.08. The van der Waals surface area contributed by atoms with Crippen molar-refractivity contribution in [2.75, 3.05) is 26.4 Å². The SMILES string of the molecule is C(OCC1CO1)C1CO1.CC(C)(C)c1cccc(C(C)(C)C)c1O. The number of hydrogen-bond donors (Lipinski definition) is 1. The van der Waals surface area contributed by atoms with E-state index in [2.05, 4.69) is 41.5 Å². The maximum Gasteiger partial charge on any atom is 0.123 e. The number of hydrogen-bond acceptors (Lipinski definition) is 4. The molecule has 0 aliphatic carbocycles. The van der Waals surface area contributed by atoms with Gasteiger partial charge in [-0.2, -0.15) is 0 Å². The van der Waals surface area contributed by atoms with Crippen LogP contribution in [0.25, 0.3) is 0 Å². The highest BCUT2D eigenvalue weighted by molar-refractivity contribution is 5.46. The summed E-state index contributed by atoms with van der Waals surface area (Å²) in [5, 5.41) is 10.3. The molecule has 0 saturated carbocycles. The molecular weight excluding hydrogens is 304 g/mol. The van der Waals surface area contributed by atoms with Crippen LogP contribution in [-0.2, 0) is 25.0 Å². The first-order chi connectivity index (χ1) is 11.1. The molecule has 2 atom stereocenters. The van der Waals surface area contributed by atoms with E-state index in [1.165, 1.54) is 0 Å². The molecule has 136 valence electrons. The zero-order valence-corrected chi connectivity index (χ0v) is 15.9. The molecule has 2 aliphatic heterocycles. The van der Waals surface area contributed by atoms with Crippen molar-refractivity contribution in [2.45, 2.75) is 64.6 Å². The Hall–Kier alpha value is -1.10. The highest BCUT2D eigenvalue weighted by Crippen LogP contribution is 2.38. The van der Waals surface area contributed by atoms with Crippen molar-refractivity contribution in [2.24, 2.45) is 0 Å². The number of para-hydroxylation sites is 1. The smallest absolute Gasteiger partial charge is 0.123 e. The second-order valence-corrected chi connectivity index (χ2v) is 8.65. The van der Waals surface area contributed by atoms with Gasteiger partial charge in [0.1, 0.15) is 18.0 Å². The van der Waals surface area contributed by atoms with E-state index in [9.17, 15) is 5.11 Å². The molecule has 1 aromatic rings. The van der Waals surface area contributed by atoms with Crippen LogP contribution >= 0.6 is 0 Å². The molecule has 0 bridgehead atoms. The number of phenolic OH excluding ortho intramolecular Hbond substituents is 1. The molecular formula is C20H32O4. The molecule has 2 unspecified atom stereocenters. The lowest BCUT2D eigenvalue weighted by molar-refractivity contribution is 0.102. The zero-order valence-electron chi connectivity index (χ0n) is 15.9. The van der Waals surface area contributed by atoms with Crippen LogP contribution in [0.1, 0.15) is 52.7 Å². The third-order valence-corrected chi connectivity index (χ3v) is 4.06. The highest BCUT2D eigenvalue weighted by Gasteiger charge is 2.26. The van der Waals surface area contributed by atoms with Gasteiger partial charge in [0.25, 0.3) is 0 Å². The summed E-state index contributed by atoms with van der Waals surface area (Å²) in [7, 11) is 0. The Kier molecular flexibility index (Phi) is 5.95. The van der Waals surface area contributed by atoms with Gasteiger partial charge in [0.05, 0.1) is 26.4 Å². The van der Waals surface area contributed by atoms with Gasteiger partial charge in [-0.05, 0) is 22.0 Å². The van der Waals surface area contributed by atoms with Crippen LogP contribution in [0.15, 0.2) is 18.2 Å². The number of epoxide rings is 2. The maximum atomic E-state index is 10.3. The third-order valence-electron chi connectivity index (χ3n) is 4.06. The molecule has 1 N–H and O–H groups in total. The van der Waals surface area contributed by atoms with Gasteiger partial charge < -0.3 is 19.3 Å². The van der Waals surface area contributed by atoms with Crippen molar-refractivity contribution in [3.05, 3.63) is 29.3 Å². The standard InChI is InChI=1S/C14H22O.C6H10O3/c1-13(2,3)10-8-7-9-11(12(10)15)14(4,5)6;1(5-3-8-5)7-2-6-4-9-6/h7-9,15H,1-6H3;5-6H,1-4H2. The molecule has 2 aliphatic rings. The molecule has 0 radical (unpaired) electrons. The fraction of sp³-hybridized carbons (Fsp3) is 0.700. The van der Waals surface area contributed by atoms with Crippen molar-refractivity contribution in [1.29, 1.82) is 0 Å². The summed E-state index contributed by atoms with van der Waals surface area (Å²) >= 11 is 0. The summed E-state index contributed by atoms with van der Waals surface area (Å²) in [5.74, 6) is 0.456. The molecule has 0 spiro atoms. The minimum Gasteiger partial charge on any atom is -0.507 e.